The van der Waals surface area contributed by atoms with Crippen molar-refractivity contribution in [1.29, 1.82) is 0 Å². The summed E-state index contributed by atoms with van der Waals surface area (Å²) in [6, 6.07) is 4.18. The average molecular weight is 241 g/mol. The molecule has 0 saturated heterocycles. The van der Waals surface area contributed by atoms with Gasteiger partial charge in [0, 0.05) is 18.2 Å². The van der Waals surface area contributed by atoms with Crippen molar-refractivity contribution in [2.24, 2.45) is 5.73 Å². The highest BCUT2D eigenvalue weighted by Crippen LogP contribution is 2.18. The van der Waals surface area contributed by atoms with Gasteiger partial charge in [0.05, 0.1) is 0 Å². The summed E-state index contributed by atoms with van der Waals surface area (Å²) in [4.78, 5) is 10.9. The first-order chi connectivity index (χ1) is 8.08. The Labute approximate surface area is 99.2 Å². The molecular formula is C12H16FNO3. The molecule has 1 aromatic rings. The molecule has 5 heteroatoms. The number of nitrogens with two attached hydrogens (primary N) is 1. The summed E-state index contributed by atoms with van der Waals surface area (Å²) in [6.07, 6.45) is 0.124. The number of ether oxygens (including phenoxy) is 1. The number of hydrogen-bond donors (Lipinski definition) is 2. The lowest BCUT2D eigenvalue weighted by Crippen LogP contribution is -2.26. The van der Waals surface area contributed by atoms with Crippen LogP contribution in [0.3, 0.4) is 0 Å². The van der Waals surface area contributed by atoms with Gasteiger partial charge in [-0.3, -0.25) is 0 Å². The maximum atomic E-state index is 13.4. The van der Waals surface area contributed by atoms with Gasteiger partial charge in [-0.25, -0.2) is 9.18 Å². The summed E-state index contributed by atoms with van der Waals surface area (Å²) in [5.41, 5.74) is 5.70. The molecule has 0 amide bonds. The van der Waals surface area contributed by atoms with Crippen LogP contribution < -0.4 is 10.5 Å². The van der Waals surface area contributed by atoms with Crippen LogP contribution in [0.1, 0.15) is 25.3 Å². The predicted molar refractivity (Wildman–Crippen MR) is 61.3 cm³/mol. The van der Waals surface area contributed by atoms with Crippen molar-refractivity contribution in [1.82, 2.24) is 0 Å². The van der Waals surface area contributed by atoms with Crippen LogP contribution in [-0.4, -0.2) is 17.2 Å². The van der Waals surface area contributed by atoms with Gasteiger partial charge in [0.15, 0.2) is 6.10 Å². The van der Waals surface area contributed by atoms with Crippen molar-refractivity contribution >= 4 is 5.97 Å². The maximum Gasteiger partial charge on any atom is 0.344 e. The van der Waals surface area contributed by atoms with E-state index in [-0.39, 0.29) is 12.3 Å². The molecule has 3 N–H and O–H groups in total. The fourth-order valence-electron chi connectivity index (χ4n) is 1.43. The summed E-state index contributed by atoms with van der Waals surface area (Å²) < 4.78 is 18.6. The molecule has 0 radical (unpaired) electrons. The van der Waals surface area contributed by atoms with Crippen molar-refractivity contribution in [2.45, 2.75) is 32.4 Å². The fraction of sp³-hybridized carbons (Fsp3) is 0.417. The smallest absolute Gasteiger partial charge is 0.344 e. The van der Waals surface area contributed by atoms with Crippen LogP contribution in [-0.2, 0) is 11.3 Å². The number of benzene rings is 1. The van der Waals surface area contributed by atoms with Crippen molar-refractivity contribution < 1.29 is 19.0 Å². The predicted octanol–water partition coefficient (Wildman–Crippen LogP) is 1.92. The van der Waals surface area contributed by atoms with E-state index in [1.54, 1.807) is 0 Å². The molecule has 0 bridgehead atoms. The van der Waals surface area contributed by atoms with E-state index in [4.69, 9.17) is 15.6 Å². The van der Waals surface area contributed by atoms with E-state index in [9.17, 15) is 9.18 Å². The van der Waals surface area contributed by atoms with Crippen LogP contribution in [0.15, 0.2) is 18.2 Å². The second-order valence-electron chi connectivity index (χ2n) is 3.69. The van der Waals surface area contributed by atoms with E-state index in [1.807, 2.05) is 6.92 Å². The minimum Gasteiger partial charge on any atom is -0.479 e. The molecule has 0 spiro atoms. The molecular weight excluding hydrogens is 225 g/mol. The third kappa shape index (κ3) is 3.71. The Bertz CT molecular complexity index is 395. The Morgan fingerprint density at radius 1 is 1.59 bits per heavy atom. The molecule has 1 aromatic carbocycles. The van der Waals surface area contributed by atoms with Crippen LogP contribution >= 0.6 is 0 Å². The molecule has 0 aromatic heterocycles. The average Bonchev–Trinajstić information content (AvgIpc) is 2.28. The Morgan fingerprint density at radius 3 is 2.76 bits per heavy atom. The van der Waals surface area contributed by atoms with Gasteiger partial charge < -0.3 is 15.6 Å². The lowest BCUT2D eigenvalue weighted by Gasteiger charge is -2.14. The standard InChI is InChI=1S/C12H16FNO3/c1-2-3-11(12(15)16)17-9-5-4-8(7-14)10(13)6-9/h4-6,11H,2-3,7,14H2,1H3,(H,15,16). The number of hydrogen-bond acceptors (Lipinski definition) is 3. The van der Waals surface area contributed by atoms with E-state index < -0.39 is 17.9 Å². The van der Waals surface area contributed by atoms with Gasteiger partial charge in [-0.1, -0.05) is 19.4 Å². The Kier molecular flexibility index (Phi) is 4.90. The number of carbonyl (C=O) groups is 1. The summed E-state index contributed by atoms with van der Waals surface area (Å²) in [5.74, 6) is -1.32. The first kappa shape index (κ1) is 13.4. The highest BCUT2D eigenvalue weighted by atomic mass is 19.1. The van der Waals surface area contributed by atoms with Crippen LogP contribution in [0, 0.1) is 5.82 Å². The highest BCUT2D eigenvalue weighted by Gasteiger charge is 2.18. The van der Waals surface area contributed by atoms with Crippen LogP contribution in [0.5, 0.6) is 5.75 Å². The molecule has 17 heavy (non-hydrogen) atoms. The molecule has 0 aliphatic rings. The Balaban J connectivity index is 2.79. The topological polar surface area (TPSA) is 72.5 Å². The Hall–Kier alpha value is -1.62. The van der Waals surface area contributed by atoms with Gasteiger partial charge in [-0.15, -0.1) is 0 Å². The lowest BCUT2D eigenvalue weighted by molar-refractivity contribution is -0.145. The minimum absolute atomic E-state index is 0.101. The molecule has 4 nitrogen and oxygen atoms in total. The van der Waals surface area contributed by atoms with E-state index >= 15 is 0 Å². The minimum atomic E-state index is -1.05. The molecule has 0 saturated carbocycles. The third-order valence-corrected chi connectivity index (χ3v) is 2.35. The second kappa shape index (κ2) is 6.20. The third-order valence-electron chi connectivity index (χ3n) is 2.35. The normalized spacial score (nSPS) is 12.2. The zero-order chi connectivity index (χ0) is 12.8. The zero-order valence-electron chi connectivity index (χ0n) is 9.65. The van der Waals surface area contributed by atoms with Gasteiger partial charge >= 0.3 is 5.97 Å². The van der Waals surface area contributed by atoms with Crippen LogP contribution in [0.4, 0.5) is 4.39 Å². The quantitative estimate of drug-likeness (QED) is 0.798. The second-order valence-corrected chi connectivity index (χ2v) is 3.69. The first-order valence-electron chi connectivity index (χ1n) is 5.46. The zero-order valence-corrected chi connectivity index (χ0v) is 9.65. The molecule has 94 valence electrons. The molecule has 0 aliphatic carbocycles. The number of rotatable bonds is 6. The molecule has 0 fully saturated rings. The molecule has 0 heterocycles. The molecule has 1 atom stereocenters. The number of aliphatic carboxylic acids is 1. The van der Waals surface area contributed by atoms with Crippen LogP contribution in [0.2, 0.25) is 0 Å². The van der Waals surface area contributed by atoms with Gasteiger partial charge in [0.25, 0.3) is 0 Å². The SMILES string of the molecule is CCCC(Oc1ccc(CN)c(F)c1)C(=O)O. The summed E-state index contributed by atoms with van der Waals surface area (Å²) in [6.45, 7) is 1.96. The van der Waals surface area contributed by atoms with E-state index in [1.165, 1.54) is 12.1 Å². The molecule has 0 aliphatic heterocycles. The summed E-state index contributed by atoms with van der Waals surface area (Å²) >= 11 is 0. The van der Waals surface area contributed by atoms with Gasteiger partial charge in [0.1, 0.15) is 11.6 Å². The largest absolute Gasteiger partial charge is 0.479 e. The molecule has 1 rings (SSSR count). The van der Waals surface area contributed by atoms with Gasteiger partial charge in [-0.2, -0.15) is 0 Å². The van der Waals surface area contributed by atoms with Gasteiger partial charge in [0.2, 0.25) is 0 Å². The van der Waals surface area contributed by atoms with E-state index in [0.717, 1.165) is 6.07 Å². The fourth-order valence-corrected chi connectivity index (χ4v) is 1.43. The monoisotopic (exact) mass is 241 g/mol. The van der Waals surface area contributed by atoms with Crippen molar-refractivity contribution in [2.75, 3.05) is 0 Å². The highest BCUT2D eigenvalue weighted by molar-refractivity contribution is 5.72. The van der Waals surface area contributed by atoms with Crippen LogP contribution in [0.25, 0.3) is 0 Å². The number of carboxylic acids is 1. The van der Waals surface area contributed by atoms with Crippen molar-refractivity contribution in [3.8, 4) is 5.75 Å². The summed E-state index contributed by atoms with van der Waals surface area (Å²) in [5, 5.41) is 8.90. The summed E-state index contributed by atoms with van der Waals surface area (Å²) in [7, 11) is 0. The maximum absolute atomic E-state index is 13.4. The van der Waals surface area contributed by atoms with Crippen molar-refractivity contribution in [3.05, 3.63) is 29.6 Å². The number of carboxylic acid groups (broad SMARTS) is 1. The number of halogens is 1. The van der Waals surface area contributed by atoms with Gasteiger partial charge in [-0.05, 0) is 12.5 Å². The molecule has 1 unspecified atom stereocenters. The lowest BCUT2D eigenvalue weighted by atomic mass is 10.2. The van der Waals surface area contributed by atoms with E-state index in [0.29, 0.717) is 18.4 Å². The first-order valence-corrected chi connectivity index (χ1v) is 5.46. The van der Waals surface area contributed by atoms with E-state index in [2.05, 4.69) is 0 Å². The van der Waals surface area contributed by atoms with Crippen molar-refractivity contribution in [3.63, 3.8) is 0 Å². The Morgan fingerprint density at radius 2 is 2.29 bits per heavy atom.